The van der Waals surface area contributed by atoms with Crippen molar-refractivity contribution in [3.8, 4) is 0 Å². The van der Waals surface area contributed by atoms with Gasteiger partial charge in [0, 0.05) is 18.1 Å². The molecule has 0 aliphatic rings. The second kappa shape index (κ2) is 2.91. The summed E-state index contributed by atoms with van der Waals surface area (Å²) >= 11 is 0. The third-order valence-electron chi connectivity index (χ3n) is 1.81. The lowest BCUT2D eigenvalue weighted by atomic mass is 10.2. The number of para-hydroxylation sites is 1. The van der Waals surface area contributed by atoms with Crippen molar-refractivity contribution >= 4 is 10.9 Å². The molecule has 2 N–H and O–H groups in total. The van der Waals surface area contributed by atoms with Gasteiger partial charge in [-0.15, -0.1) is 0 Å². The van der Waals surface area contributed by atoms with Crippen LogP contribution in [0.2, 0.25) is 0 Å². The van der Waals surface area contributed by atoms with Crippen LogP contribution in [0.3, 0.4) is 0 Å². The Morgan fingerprint density at radius 3 is 3.08 bits per heavy atom. The number of hydrogen-bond donors (Lipinski definition) is 1. The van der Waals surface area contributed by atoms with Gasteiger partial charge in [0.2, 0.25) is 0 Å². The number of hydrogen-bond acceptors (Lipinski definition) is 2. The predicted octanol–water partition coefficient (Wildman–Crippen LogP) is 1.69. The molecular formula is C10H10N2. The van der Waals surface area contributed by atoms with E-state index in [4.69, 9.17) is 7.10 Å². The van der Waals surface area contributed by atoms with E-state index in [9.17, 15) is 0 Å². The molecule has 0 saturated carbocycles. The molecule has 2 nitrogen and oxygen atoms in total. The molecule has 1 heterocycles. The van der Waals surface area contributed by atoms with Crippen LogP contribution >= 0.6 is 0 Å². The molecule has 0 radical (unpaired) electrons. The summed E-state index contributed by atoms with van der Waals surface area (Å²) in [6, 6.07) is 9.66. The van der Waals surface area contributed by atoms with Gasteiger partial charge in [0.05, 0.1) is 6.89 Å². The quantitative estimate of drug-likeness (QED) is 0.687. The molecule has 1 aromatic heterocycles. The van der Waals surface area contributed by atoms with Gasteiger partial charge in [0.1, 0.15) is 0 Å². The van der Waals surface area contributed by atoms with Gasteiger partial charge in [-0.3, -0.25) is 4.98 Å². The number of fused-ring (bicyclic) bond motifs is 1. The Bertz CT molecular complexity index is 440. The molecule has 0 saturated heterocycles. The predicted molar refractivity (Wildman–Crippen MR) is 49.6 cm³/mol. The van der Waals surface area contributed by atoms with Gasteiger partial charge in [-0.1, -0.05) is 18.2 Å². The van der Waals surface area contributed by atoms with E-state index in [2.05, 4.69) is 4.98 Å². The van der Waals surface area contributed by atoms with Gasteiger partial charge in [-0.2, -0.15) is 0 Å². The standard InChI is InChI=1S/C10H10N2/c11-6-8-5-9-3-1-2-4-10(9)12-7-8/h1-5,7H,6,11H2/i7D. The smallest absolute Gasteiger partial charge is 0.0844 e. The van der Waals surface area contributed by atoms with Gasteiger partial charge in [0.25, 0.3) is 0 Å². The Labute approximate surface area is 72.4 Å². The zero-order valence-electron chi connectivity index (χ0n) is 7.62. The fourth-order valence-electron chi connectivity index (χ4n) is 1.17. The molecule has 0 amide bonds. The number of benzene rings is 1. The van der Waals surface area contributed by atoms with Crippen molar-refractivity contribution in [3.05, 3.63) is 42.1 Å². The average molecular weight is 159 g/mol. The Balaban J connectivity index is 2.74. The Morgan fingerprint density at radius 1 is 1.42 bits per heavy atom. The fourth-order valence-corrected chi connectivity index (χ4v) is 1.17. The summed E-state index contributed by atoms with van der Waals surface area (Å²) in [7, 11) is 0. The number of aromatic nitrogens is 1. The van der Waals surface area contributed by atoms with Crippen molar-refractivity contribution in [2.75, 3.05) is 0 Å². The summed E-state index contributed by atoms with van der Waals surface area (Å²) in [6.45, 7) is 0.372. The van der Waals surface area contributed by atoms with E-state index in [0.717, 1.165) is 16.5 Å². The van der Waals surface area contributed by atoms with Crippen LogP contribution in [-0.2, 0) is 6.54 Å². The van der Waals surface area contributed by atoms with Gasteiger partial charge in [0.15, 0.2) is 0 Å². The van der Waals surface area contributed by atoms with Gasteiger partial charge < -0.3 is 5.73 Å². The van der Waals surface area contributed by atoms with E-state index in [1.807, 2.05) is 30.3 Å². The van der Waals surface area contributed by atoms with Crippen LogP contribution in [-0.4, -0.2) is 4.98 Å². The van der Waals surface area contributed by atoms with E-state index in [1.165, 1.54) is 0 Å². The highest BCUT2D eigenvalue weighted by atomic mass is 14.7. The minimum atomic E-state index is 0.279. The van der Waals surface area contributed by atoms with Crippen LogP contribution in [0, 0.1) is 0 Å². The molecule has 0 spiro atoms. The van der Waals surface area contributed by atoms with Crippen LogP contribution in [0.4, 0.5) is 0 Å². The molecule has 0 aliphatic carbocycles. The van der Waals surface area contributed by atoms with Gasteiger partial charge in [-0.25, -0.2) is 0 Å². The highest BCUT2D eigenvalue weighted by Gasteiger charge is 1.93. The van der Waals surface area contributed by atoms with Crippen LogP contribution in [0.15, 0.2) is 36.5 Å². The maximum atomic E-state index is 7.56. The van der Waals surface area contributed by atoms with Crippen LogP contribution < -0.4 is 5.73 Å². The zero-order valence-corrected chi connectivity index (χ0v) is 6.62. The molecular weight excluding hydrogens is 148 g/mol. The summed E-state index contributed by atoms with van der Waals surface area (Å²) in [5.74, 6) is 0. The molecule has 0 atom stereocenters. The second-order valence-corrected chi connectivity index (χ2v) is 2.66. The monoisotopic (exact) mass is 159 g/mol. The fraction of sp³-hybridized carbons (Fsp3) is 0.100. The SMILES string of the molecule is [2H]c1nc2ccccc2cc1CN. The molecule has 12 heavy (non-hydrogen) atoms. The van der Waals surface area contributed by atoms with E-state index in [0.29, 0.717) is 6.54 Å². The van der Waals surface area contributed by atoms with Crippen molar-refractivity contribution in [1.82, 2.24) is 4.98 Å². The number of nitrogens with zero attached hydrogens (tertiary/aromatic N) is 1. The summed E-state index contributed by atoms with van der Waals surface area (Å²) in [5.41, 5.74) is 7.12. The van der Waals surface area contributed by atoms with Crippen molar-refractivity contribution in [2.45, 2.75) is 6.54 Å². The summed E-state index contributed by atoms with van der Waals surface area (Å²) in [5, 5.41) is 1.04. The highest BCUT2D eigenvalue weighted by molar-refractivity contribution is 5.78. The molecule has 0 unspecified atom stereocenters. The van der Waals surface area contributed by atoms with Crippen molar-refractivity contribution in [3.63, 3.8) is 0 Å². The molecule has 60 valence electrons. The third-order valence-corrected chi connectivity index (χ3v) is 1.81. The molecule has 0 bridgehead atoms. The molecule has 0 aliphatic heterocycles. The van der Waals surface area contributed by atoms with E-state index >= 15 is 0 Å². The van der Waals surface area contributed by atoms with Crippen molar-refractivity contribution in [1.29, 1.82) is 0 Å². The average Bonchev–Trinajstić information content (AvgIpc) is 2.17. The van der Waals surface area contributed by atoms with Crippen molar-refractivity contribution in [2.24, 2.45) is 5.73 Å². The first kappa shape index (κ1) is 6.14. The summed E-state index contributed by atoms with van der Waals surface area (Å²) in [4.78, 5) is 4.13. The van der Waals surface area contributed by atoms with E-state index in [1.54, 1.807) is 0 Å². The highest BCUT2D eigenvalue weighted by Crippen LogP contribution is 2.11. The van der Waals surface area contributed by atoms with Crippen LogP contribution in [0.5, 0.6) is 0 Å². The normalized spacial score (nSPS) is 11.6. The van der Waals surface area contributed by atoms with Gasteiger partial charge >= 0.3 is 0 Å². The van der Waals surface area contributed by atoms with Crippen LogP contribution in [0.25, 0.3) is 10.9 Å². The second-order valence-electron chi connectivity index (χ2n) is 2.66. The molecule has 2 aromatic rings. The number of nitrogens with two attached hydrogens (primary N) is 1. The molecule has 2 rings (SSSR count). The number of pyridine rings is 1. The lowest BCUT2D eigenvalue weighted by molar-refractivity contribution is 1.06. The minimum absolute atomic E-state index is 0.279. The molecule has 2 heteroatoms. The Kier molecular flexibility index (Phi) is 1.49. The Morgan fingerprint density at radius 2 is 2.25 bits per heavy atom. The first-order valence-electron chi connectivity index (χ1n) is 4.36. The Hall–Kier alpha value is -1.41. The lowest BCUT2D eigenvalue weighted by Crippen LogP contribution is -1.96. The van der Waals surface area contributed by atoms with E-state index < -0.39 is 0 Å². The van der Waals surface area contributed by atoms with Crippen LogP contribution in [0.1, 0.15) is 6.93 Å². The summed E-state index contributed by atoms with van der Waals surface area (Å²) < 4.78 is 7.56. The maximum Gasteiger partial charge on any atom is 0.0844 e. The first-order chi connectivity index (χ1) is 6.31. The largest absolute Gasteiger partial charge is 0.326 e. The maximum absolute atomic E-state index is 7.56. The topological polar surface area (TPSA) is 38.9 Å². The van der Waals surface area contributed by atoms with Crippen molar-refractivity contribution < 1.29 is 1.37 Å². The molecule has 0 fully saturated rings. The molecule has 1 aromatic carbocycles. The lowest BCUT2D eigenvalue weighted by Gasteiger charge is -1.98. The number of rotatable bonds is 1. The first-order valence-corrected chi connectivity index (χ1v) is 3.86. The summed E-state index contributed by atoms with van der Waals surface area (Å²) in [6.07, 6.45) is 0.279. The van der Waals surface area contributed by atoms with Gasteiger partial charge in [-0.05, 0) is 17.7 Å². The third kappa shape index (κ3) is 1.17. The minimum Gasteiger partial charge on any atom is -0.326 e. The zero-order chi connectivity index (χ0) is 9.26. The van der Waals surface area contributed by atoms with E-state index in [-0.39, 0.29) is 6.17 Å².